The molecular weight excluding hydrogens is 400 g/mol. The number of benzene rings is 2. The third-order valence-corrected chi connectivity index (χ3v) is 5.48. The van der Waals surface area contributed by atoms with Gasteiger partial charge in [0, 0.05) is 5.92 Å². The number of rotatable bonds is 9. The summed E-state index contributed by atoms with van der Waals surface area (Å²) in [5.74, 6) is -2.16. The highest BCUT2D eigenvalue weighted by Gasteiger charge is 2.31. The molecule has 8 heteroatoms. The van der Waals surface area contributed by atoms with Gasteiger partial charge in [0.2, 0.25) is 0 Å². The number of hydroxylamine groups is 1. The predicted octanol–water partition coefficient (Wildman–Crippen LogP) is 3.07. The molecule has 0 spiro atoms. The lowest BCUT2D eigenvalue weighted by Crippen LogP contribution is -2.50. The number of aliphatic carboxylic acids is 1. The smallest absolute Gasteiger partial charge is 0.407 e. The zero-order valence-electron chi connectivity index (χ0n) is 17.5. The summed E-state index contributed by atoms with van der Waals surface area (Å²) >= 11 is 0. The van der Waals surface area contributed by atoms with Gasteiger partial charge in [-0.05, 0) is 28.2 Å². The molecule has 0 aliphatic heterocycles. The molecule has 2 aromatic rings. The highest BCUT2D eigenvalue weighted by Crippen LogP contribution is 2.44. The molecule has 2 amide bonds. The van der Waals surface area contributed by atoms with Crippen molar-refractivity contribution in [1.29, 1.82) is 0 Å². The second kappa shape index (κ2) is 10.1. The van der Waals surface area contributed by atoms with Crippen molar-refractivity contribution in [1.82, 2.24) is 10.8 Å². The van der Waals surface area contributed by atoms with E-state index in [1.54, 1.807) is 6.92 Å². The number of alkyl carbamates (subject to hydrolysis) is 1. The van der Waals surface area contributed by atoms with Crippen molar-refractivity contribution in [2.45, 2.75) is 32.2 Å². The molecule has 31 heavy (non-hydrogen) atoms. The van der Waals surface area contributed by atoms with E-state index in [9.17, 15) is 14.4 Å². The van der Waals surface area contributed by atoms with Crippen LogP contribution in [0.3, 0.4) is 0 Å². The van der Waals surface area contributed by atoms with Crippen molar-refractivity contribution >= 4 is 18.0 Å². The Balaban J connectivity index is 1.64. The molecule has 2 aromatic carbocycles. The normalized spacial score (nSPS) is 14.1. The minimum absolute atomic E-state index is 0.0899. The Morgan fingerprint density at radius 2 is 1.61 bits per heavy atom. The molecular formula is C23H26N2O6. The van der Waals surface area contributed by atoms with Crippen LogP contribution in [0.1, 0.15) is 37.3 Å². The minimum atomic E-state index is -1.22. The van der Waals surface area contributed by atoms with Crippen molar-refractivity contribution in [3.63, 3.8) is 0 Å². The molecule has 3 rings (SSSR count). The fourth-order valence-corrected chi connectivity index (χ4v) is 3.70. The molecule has 1 aliphatic carbocycles. The summed E-state index contributed by atoms with van der Waals surface area (Å²) in [5.41, 5.74) is 6.50. The molecule has 3 N–H and O–H groups in total. The van der Waals surface area contributed by atoms with Crippen LogP contribution < -0.4 is 10.8 Å². The van der Waals surface area contributed by atoms with Crippen LogP contribution in [-0.2, 0) is 19.2 Å². The number of ether oxygens (including phenoxy) is 1. The van der Waals surface area contributed by atoms with Crippen LogP contribution in [0.15, 0.2) is 48.5 Å². The highest BCUT2D eigenvalue weighted by molar-refractivity contribution is 5.85. The minimum Gasteiger partial charge on any atom is -0.479 e. The van der Waals surface area contributed by atoms with Crippen molar-refractivity contribution in [3.8, 4) is 11.1 Å². The Morgan fingerprint density at radius 3 is 2.16 bits per heavy atom. The Bertz CT molecular complexity index is 915. The quantitative estimate of drug-likeness (QED) is 0.531. The molecule has 8 nitrogen and oxygen atoms in total. The van der Waals surface area contributed by atoms with Gasteiger partial charge in [-0.3, -0.25) is 9.63 Å². The van der Waals surface area contributed by atoms with Crippen LogP contribution in [0.2, 0.25) is 0 Å². The molecule has 1 aliphatic rings. The molecule has 0 saturated carbocycles. The number of carbonyl (C=O) groups excluding carboxylic acids is 2. The van der Waals surface area contributed by atoms with Crippen LogP contribution >= 0.6 is 0 Å². The number of amides is 2. The molecule has 0 heterocycles. The van der Waals surface area contributed by atoms with E-state index in [-0.39, 0.29) is 18.4 Å². The van der Waals surface area contributed by atoms with E-state index in [2.05, 4.69) is 27.8 Å². The van der Waals surface area contributed by atoms with Crippen LogP contribution in [0, 0.1) is 5.92 Å². The van der Waals surface area contributed by atoms with E-state index in [0.717, 1.165) is 22.3 Å². The molecule has 1 unspecified atom stereocenters. The summed E-state index contributed by atoms with van der Waals surface area (Å²) in [4.78, 5) is 40.0. The topological polar surface area (TPSA) is 114 Å². The number of hydrogen-bond donors (Lipinski definition) is 3. The van der Waals surface area contributed by atoms with Gasteiger partial charge in [-0.1, -0.05) is 68.8 Å². The number of fused-ring (bicyclic) bond motifs is 3. The van der Waals surface area contributed by atoms with Gasteiger partial charge in [0.15, 0.2) is 6.61 Å². The molecule has 2 atom stereocenters. The molecule has 164 valence electrons. The first-order chi connectivity index (χ1) is 14.9. The number of carboxylic acids is 1. The molecule has 0 saturated heterocycles. The van der Waals surface area contributed by atoms with Crippen molar-refractivity contribution in [3.05, 3.63) is 59.7 Å². The average molecular weight is 426 g/mol. The third kappa shape index (κ3) is 5.21. The van der Waals surface area contributed by atoms with Gasteiger partial charge >= 0.3 is 12.1 Å². The summed E-state index contributed by atoms with van der Waals surface area (Å²) in [6, 6.07) is 15.1. The van der Waals surface area contributed by atoms with E-state index in [4.69, 9.17) is 9.84 Å². The summed E-state index contributed by atoms with van der Waals surface area (Å²) in [6.07, 6.45) is -0.110. The van der Waals surface area contributed by atoms with Crippen LogP contribution in [0.25, 0.3) is 11.1 Å². The predicted molar refractivity (Wildman–Crippen MR) is 113 cm³/mol. The summed E-state index contributed by atoms with van der Waals surface area (Å²) in [5, 5.41) is 11.2. The van der Waals surface area contributed by atoms with Crippen LogP contribution in [-0.4, -0.2) is 42.3 Å². The maximum absolute atomic E-state index is 12.5. The van der Waals surface area contributed by atoms with Gasteiger partial charge in [0.05, 0.1) is 0 Å². The van der Waals surface area contributed by atoms with Crippen molar-refractivity contribution in [2.24, 2.45) is 5.92 Å². The van der Waals surface area contributed by atoms with Crippen LogP contribution in [0.5, 0.6) is 0 Å². The first-order valence-electron chi connectivity index (χ1n) is 10.2. The highest BCUT2D eigenvalue weighted by atomic mass is 16.7. The summed E-state index contributed by atoms with van der Waals surface area (Å²) in [7, 11) is 0. The Hall–Kier alpha value is -3.39. The second-order valence-corrected chi connectivity index (χ2v) is 7.48. The SMILES string of the molecule is CCC(C)[C@H](NC(=O)OCC1c2ccccc2-c2ccccc21)C(=O)NOCC(=O)O. The lowest BCUT2D eigenvalue weighted by atomic mass is 9.98. The van der Waals surface area contributed by atoms with E-state index >= 15 is 0 Å². The third-order valence-electron chi connectivity index (χ3n) is 5.48. The van der Waals surface area contributed by atoms with Gasteiger partial charge in [-0.25, -0.2) is 15.1 Å². The standard InChI is InChI=1S/C23H26N2O6/c1-3-14(2)21(22(28)25-31-13-20(26)27)24-23(29)30-12-19-17-10-6-4-8-15(17)16-9-5-7-11-18(16)19/h4-11,14,19,21H,3,12-13H2,1-2H3,(H,24,29)(H,25,28)(H,26,27)/t14?,21-/m0/s1. The Labute approximate surface area is 180 Å². The zero-order chi connectivity index (χ0) is 22.4. The number of carboxylic acid groups (broad SMARTS) is 1. The summed E-state index contributed by atoms with van der Waals surface area (Å²) < 4.78 is 5.49. The fourth-order valence-electron chi connectivity index (χ4n) is 3.70. The summed E-state index contributed by atoms with van der Waals surface area (Å²) in [6.45, 7) is 3.13. The number of hydrogen-bond acceptors (Lipinski definition) is 5. The maximum atomic E-state index is 12.5. The number of nitrogens with one attached hydrogen (secondary N) is 2. The number of carbonyl (C=O) groups is 3. The molecule has 0 fully saturated rings. The monoisotopic (exact) mass is 426 g/mol. The molecule has 0 radical (unpaired) electrons. The van der Waals surface area contributed by atoms with E-state index in [0.29, 0.717) is 6.42 Å². The first kappa shape index (κ1) is 22.3. The Morgan fingerprint density at radius 1 is 1.03 bits per heavy atom. The second-order valence-electron chi connectivity index (χ2n) is 7.48. The van der Waals surface area contributed by atoms with Gasteiger partial charge in [0.1, 0.15) is 12.6 Å². The molecule has 0 bridgehead atoms. The Kier molecular flexibility index (Phi) is 7.25. The van der Waals surface area contributed by atoms with Gasteiger partial charge < -0.3 is 15.2 Å². The van der Waals surface area contributed by atoms with Crippen molar-refractivity contribution in [2.75, 3.05) is 13.2 Å². The zero-order valence-corrected chi connectivity index (χ0v) is 17.5. The van der Waals surface area contributed by atoms with Gasteiger partial charge in [-0.2, -0.15) is 0 Å². The van der Waals surface area contributed by atoms with E-state index in [1.165, 1.54) is 0 Å². The maximum Gasteiger partial charge on any atom is 0.407 e. The van der Waals surface area contributed by atoms with Gasteiger partial charge in [0.25, 0.3) is 5.91 Å². The van der Waals surface area contributed by atoms with Crippen LogP contribution in [0.4, 0.5) is 4.79 Å². The first-order valence-corrected chi connectivity index (χ1v) is 10.2. The average Bonchev–Trinajstić information content (AvgIpc) is 3.09. The van der Waals surface area contributed by atoms with E-state index < -0.39 is 30.6 Å². The lowest BCUT2D eigenvalue weighted by molar-refractivity contribution is -0.150. The van der Waals surface area contributed by atoms with E-state index in [1.807, 2.05) is 43.3 Å². The lowest BCUT2D eigenvalue weighted by Gasteiger charge is -2.23. The largest absolute Gasteiger partial charge is 0.479 e. The molecule has 0 aromatic heterocycles. The van der Waals surface area contributed by atoms with Crippen molar-refractivity contribution < 1.29 is 29.1 Å². The fraction of sp³-hybridized carbons (Fsp3) is 0.348. The van der Waals surface area contributed by atoms with Gasteiger partial charge in [-0.15, -0.1) is 0 Å².